The molecule has 0 aliphatic carbocycles. The molecule has 5 nitrogen and oxygen atoms in total. The highest BCUT2D eigenvalue weighted by atomic mass is 19.3. The summed E-state index contributed by atoms with van der Waals surface area (Å²) in [5.41, 5.74) is 1.94. The van der Waals surface area contributed by atoms with Gasteiger partial charge in [-0.05, 0) is 37.6 Å². The van der Waals surface area contributed by atoms with Crippen LogP contribution in [0.2, 0.25) is 0 Å². The van der Waals surface area contributed by atoms with Gasteiger partial charge in [-0.25, -0.2) is 18.7 Å². The lowest BCUT2D eigenvalue weighted by Crippen LogP contribution is -2.49. The highest BCUT2D eigenvalue weighted by Crippen LogP contribution is 2.20. The van der Waals surface area contributed by atoms with Crippen molar-refractivity contribution in [1.29, 1.82) is 0 Å². The summed E-state index contributed by atoms with van der Waals surface area (Å²) in [4.78, 5) is 24.2. The van der Waals surface area contributed by atoms with Gasteiger partial charge in [0.05, 0.1) is 0 Å². The molecule has 3 rings (SSSR count). The van der Waals surface area contributed by atoms with Gasteiger partial charge in [-0.2, -0.15) is 0 Å². The molecule has 132 valence electrons. The van der Waals surface area contributed by atoms with Crippen LogP contribution in [0.1, 0.15) is 34.0 Å². The second-order valence-electron chi connectivity index (χ2n) is 6.14. The molecule has 1 aromatic carbocycles. The van der Waals surface area contributed by atoms with Crippen molar-refractivity contribution in [1.82, 2.24) is 14.9 Å². The Kier molecular flexibility index (Phi) is 4.92. The average molecular weight is 346 g/mol. The number of halogens is 2. The van der Waals surface area contributed by atoms with Crippen LogP contribution in [0.25, 0.3) is 0 Å². The van der Waals surface area contributed by atoms with Gasteiger partial charge in [-0.1, -0.05) is 12.1 Å². The zero-order valence-electron chi connectivity index (χ0n) is 14.2. The molecule has 1 fully saturated rings. The van der Waals surface area contributed by atoms with E-state index in [9.17, 15) is 13.6 Å². The molecule has 0 radical (unpaired) electrons. The molecule has 2 heterocycles. The van der Waals surface area contributed by atoms with Crippen molar-refractivity contribution in [3.63, 3.8) is 0 Å². The number of aryl methyl sites for hydroxylation is 2. The first-order valence-electron chi connectivity index (χ1n) is 8.18. The number of aromatic nitrogens is 2. The van der Waals surface area contributed by atoms with Gasteiger partial charge in [0.1, 0.15) is 17.2 Å². The first-order chi connectivity index (χ1) is 11.9. The molecule has 7 heteroatoms. The number of carbonyl (C=O) groups is 1. The molecule has 1 aliphatic heterocycles. The predicted octanol–water partition coefficient (Wildman–Crippen LogP) is 2.99. The highest BCUT2D eigenvalue weighted by molar-refractivity contribution is 5.92. The lowest BCUT2D eigenvalue weighted by atomic mass is 10.2. The average Bonchev–Trinajstić information content (AvgIpc) is 2.60. The van der Waals surface area contributed by atoms with E-state index in [1.165, 1.54) is 12.5 Å². The van der Waals surface area contributed by atoms with E-state index in [1.54, 1.807) is 4.90 Å². The fraction of sp³-hybridized carbons (Fsp3) is 0.389. The van der Waals surface area contributed by atoms with Crippen molar-refractivity contribution in [3.05, 3.63) is 53.1 Å². The lowest BCUT2D eigenvalue weighted by Gasteiger charge is -2.36. The minimum atomic E-state index is -2.72. The summed E-state index contributed by atoms with van der Waals surface area (Å²) in [5, 5.41) is 0. The van der Waals surface area contributed by atoms with Crippen LogP contribution < -0.4 is 4.90 Å². The smallest absolute Gasteiger partial charge is 0.280 e. The molecule has 1 saturated heterocycles. The molecule has 25 heavy (non-hydrogen) atoms. The zero-order chi connectivity index (χ0) is 18.0. The van der Waals surface area contributed by atoms with E-state index >= 15 is 0 Å². The van der Waals surface area contributed by atoms with E-state index in [4.69, 9.17) is 0 Å². The number of hydrogen-bond acceptors (Lipinski definition) is 4. The second-order valence-corrected chi connectivity index (χ2v) is 6.14. The predicted molar refractivity (Wildman–Crippen MR) is 91.0 cm³/mol. The maximum atomic E-state index is 12.9. The fourth-order valence-corrected chi connectivity index (χ4v) is 2.97. The van der Waals surface area contributed by atoms with Gasteiger partial charge in [-0.3, -0.25) is 4.79 Å². The van der Waals surface area contributed by atoms with Crippen LogP contribution in [-0.2, 0) is 0 Å². The number of nitrogens with zero attached hydrogens (tertiary/aromatic N) is 4. The maximum Gasteiger partial charge on any atom is 0.280 e. The van der Waals surface area contributed by atoms with Gasteiger partial charge in [-0.15, -0.1) is 0 Å². The number of carbonyl (C=O) groups excluding carboxylic acids is 1. The summed E-state index contributed by atoms with van der Waals surface area (Å²) in [7, 11) is 0. The third kappa shape index (κ3) is 3.92. The minimum Gasteiger partial charge on any atom is -0.368 e. The lowest BCUT2D eigenvalue weighted by molar-refractivity contribution is 0.0739. The van der Waals surface area contributed by atoms with Crippen molar-refractivity contribution >= 4 is 11.6 Å². The fourth-order valence-electron chi connectivity index (χ4n) is 2.97. The number of rotatable bonds is 3. The van der Waals surface area contributed by atoms with Crippen molar-refractivity contribution in [2.75, 3.05) is 31.1 Å². The molecule has 0 bridgehead atoms. The van der Waals surface area contributed by atoms with Crippen LogP contribution in [0.15, 0.2) is 30.3 Å². The third-order valence-corrected chi connectivity index (χ3v) is 4.23. The molecular formula is C18H20F2N4O. The van der Waals surface area contributed by atoms with Crippen molar-refractivity contribution in [2.45, 2.75) is 20.3 Å². The molecule has 0 saturated carbocycles. The molecule has 1 amide bonds. The molecule has 0 atom stereocenters. The number of piperazine rings is 1. The van der Waals surface area contributed by atoms with Gasteiger partial charge in [0.2, 0.25) is 0 Å². The van der Waals surface area contributed by atoms with E-state index in [1.807, 2.05) is 25.1 Å². The van der Waals surface area contributed by atoms with E-state index in [0.29, 0.717) is 26.2 Å². The normalized spacial score (nSPS) is 14.9. The Labute approximate surface area is 145 Å². The summed E-state index contributed by atoms with van der Waals surface area (Å²) < 4.78 is 25.8. The second kappa shape index (κ2) is 7.13. The quantitative estimate of drug-likeness (QED) is 0.857. The van der Waals surface area contributed by atoms with Crippen molar-refractivity contribution < 1.29 is 13.6 Å². The summed E-state index contributed by atoms with van der Waals surface area (Å²) >= 11 is 0. The standard InChI is InChI=1S/C18H20F2N4O/c1-12-4-3-5-14(10-12)23-6-8-24(9-7-23)18(25)16-11-15(17(19)20)21-13(2)22-16/h3-5,10-11,17H,6-9H2,1-2H3. The van der Waals surface area contributed by atoms with Crippen LogP contribution in [0.5, 0.6) is 0 Å². The summed E-state index contributed by atoms with van der Waals surface area (Å²) in [6, 6.07) is 9.30. The van der Waals surface area contributed by atoms with Crippen molar-refractivity contribution in [3.8, 4) is 0 Å². The van der Waals surface area contributed by atoms with Crippen LogP contribution in [0, 0.1) is 13.8 Å². The molecule has 0 N–H and O–H groups in total. The molecule has 1 aromatic heterocycles. The van der Waals surface area contributed by atoms with Gasteiger partial charge in [0.25, 0.3) is 12.3 Å². The van der Waals surface area contributed by atoms with Gasteiger partial charge < -0.3 is 9.80 Å². The Morgan fingerprint density at radius 2 is 1.80 bits per heavy atom. The monoisotopic (exact) mass is 346 g/mol. The topological polar surface area (TPSA) is 49.3 Å². The van der Waals surface area contributed by atoms with E-state index < -0.39 is 12.1 Å². The Balaban J connectivity index is 1.69. The minimum absolute atomic E-state index is 0.0341. The van der Waals surface area contributed by atoms with Gasteiger partial charge in [0, 0.05) is 31.9 Å². The molecule has 0 spiro atoms. The summed E-state index contributed by atoms with van der Waals surface area (Å²) in [6.45, 7) is 6.00. The van der Waals surface area contributed by atoms with Gasteiger partial charge in [0.15, 0.2) is 0 Å². The Bertz CT molecular complexity index is 773. The zero-order valence-corrected chi connectivity index (χ0v) is 14.2. The van der Waals surface area contributed by atoms with Crippen LogP contribution in [0.4, 0.5) is 14.5 Å². The highest BCUT2D eigenvalue weighted by Gasteiger charge is 2.24. The van der Waals surface area contributed by atoms with E-state index in [0.717, 1.165) is 11.8 Å². The van der Waals surface area contributed by atoms with E-state index in [-0.39, 0.29) is 17.4 Å². The number of benzene rings is 1. The molecular weight excluding hydrogens is 326 g/mol. The van der Waals surface area contributed by atoms with Crippen LogP contribution in [-0.4, -0.2) is 47.0 Å². The van der Waals surface area contributed by atoms with Crippen LogP contribution in [0.3, 0.4) is 0 Å². The molecule has 1 aliphatic rings. The SMILES string of the molecule is Cc1cccc(N2CCN(C(=O)c3cc(C(F)F)nc(C)n3)CC2)c1. The summed E-state index contributed by atoms with van der Waals surface area (Å²) in [6.07, 6.45) is -2.72. The molecule has 0 unspecified atom stereocenters. The first-order valence-corrected chi connectivity index (χ1v) is 8.18. The number of hydrogen-bond donors (Lipinski definition) is 0. The largest absolute Gasteiger partial charge is 0.368 e. The van der Waals surface area contributed by atoms with Gasteiger partial charge >= 0.3 is 0 Å². The van der Waals surface area contributed by atoms with E-state index in [2.05, 4.69) is 20.9 Å². The maximum absolute atomic E-state index is 12.9. The third-order valence-electron chi connectivity index (χ3n) is 4.23. The Morgan fingerprint density at radius 3 is 2.44 bits per heavy atom. The summed E-state index contributed by atoms with van der Waals surface area (Å²) in [5.74, 6) is -0.143. The number of anilines is 1. The van der Waals surface area contributed by atoms with Crippen molar-refractivity contribution in [2.24, 2.45) is 0 Å². The number of alkyl halides is 2. The Hall–Kier alpha value is -2.57. The number of amides is 1. The van der Waals surface area contributed by atoms with Crippen LogP contribution >= 0.6 is 0 Å². The Morgan fingerprint density at radius 1 is 1.08 bits per heavy atom. The first kappa shape index (κ1) is 17.3. The molecule has 2 aromatic rings.